The highest BCUT2D eigenvalue weighted by atomic mass is 35.5. The van der Waals surface area contributed by atoms with Crippen LogP contribution < -0.4 is 5.32 Å². The third kappa shape index (κ3) is 5.51. The fraction of sp³-hybridized carbons (Fsp3) is 0.235. The van der Waals surface area contributed by atoms with Gasteiger partial charge in [-0.2, -0.15) is 0 Å². The Morgan fingerprint density at radius 1 is 1.36 bits per heavy atom. The topological polar surface area (TPSA) is 113 Å². The lowest BCUT2D eigenvalue weighted by atomic mass is 10.3. The number of nitrogens with zero attached hydrogens (tertiary/aromatic N) is 3. The van der Waals surface area contributed by atoms with Gasteiger partial charge in [0.05, 0.1) is 23.0 Å². The van der Waals surface area contributed by atoms with Crippen molar-refractivity contribution in [2.75, 3.05) is 11.9 Å². The van der Waals surface area contributed by atoms with E-state index in [9.17, 15) is 14.7 Å². The molecule has 0 bridgehead atoms. The number of hydrogen-bond donors (Lipinski definition) is 2. The van der Waals surface area contributed by atoms with Gasteiger partial charge in [-0.1, -0.05) is 34.5 Å². The molecule has 28 heavy (non-hydrogen) atoms. The third-order valence-electron chi connectivity index (χ3n) is 3.22. The minimum Gasteiger partial charge on any atom is -0.510 e. The van der Waals surface area contributed by atoms with Crippen LogP contribution in [0.15, 0.2) is 39.9 Å². The fourth-order valence-electron chi connectivity index (χ4n) is 1.96. The third-order valence-corrected chi connectivity index (χ3v) is 4.80. The standard InChI is InChI=1S/C17H16Cl2N4O4S/c1-4-27-16(26)14-8(2)20-17(28-14)23-22-13(9(3)24)15(25)21-12-7-10(18)5-6-11(12)19/h5-7,24H,4H2,1-3H3,(H,21,25)/b13-9+,23-22?. The average Bonchev–Trinajstić information content (AvgIpc) is 2.99. The highest BCUT2D eigenvalue weighted by Crippen LogP contribution is 2.28. The van der Waals surface area contributed by atoms with Crippen molar-refractivity contribution in [2.45, 2.75) is 20.8 Å². The Kier molecular flexibility index (Phi) is 7.50. The van der Waals surface area contributed by atoms with Crippen LogP contribution in [0.3, 0.4) is 0 Å². The summed E-state index contributed by atoms with van der Waals surface area (Å²) in [4.78, 5) is 28.7. The molecule has 0 saturated carbocycles. The molecule has 0 aliphatic rings. The number of carbonyl (C=O) groups is 2. The molecule has 0 radical (unpaired) electrons. The van der Waals surface area contributed by atoms with E-state index in [1.165, 1.54) is 19.1 Å². The van der Waals surface area contributed by atoms with Crippen molar-refractivity contribution in [3.8, 4) is 0 Å². The van der Waals surface area contributed by atoms with Gasteiger partial charge in [-0.15, -0.1) is 10.2 Å². The molecular weight excluding hydrogens is 427 g/mol. The number of nitrogens with one attached hydrogen (secondary N) is 1. The number of amides is 1. The number of thiazole rings is 1. The predicted octanol–water partition coefficient (Wildman–Crippen LogP) is 5.45. The first kappa shape index (κ1) is 21.8. The van der Waals surface area contributed by atoms with Crippen LogP contribution in [0.2, 0.25) is 10.0 Å². The quantitative estimate of drug-likeness (QED) is 0.267. The van der Waals surface area contributed by atoms with Gasteiger partial charge in [-0.3, -0.25) is 4.79 Å². The van der Waals surface area contributed by atoms with E-state index in [0.717, 1.165) is 11.3 Å². The molecule has 0 unspecified atom stereocenters. The maximum absolute atomic E-state index is 12.4. The molecule has 0 saturated heterocycles. The summed E-state index contributed by atoms with van der Waals surface area (Å²) in [6.07, 6.45) is 0. The molecule has 1 aromatic heterocycles. The molecule has 1 amide bonds. The molecule has 0 atom stereocenters. The van der Waals surface area contributed by atoms with E-state index < -0.39 is 11.9 Å². The van der Waals surface area contributed by atoms with Crippen LogP contribution in [0.25, 0.3) is 0 Å². The maximum atomic E-state index is 12.4. The first-order valence-electron chi connectivity index (χ1n) is 7.95. The Morgan fingerprint density at radius 2 is 2.07 bits per heavy atom. The largest absolute Gasteiger partial charge is 0.510 e. The summed E-state index contributed by atoms with van der Waals surface area (Å²) in [5.41, 5.74) is 0.336. The summed E-state index contributed by atoms with van der Waals surface area (Å²) < 4.78 is 4.93. The Hall–Kier alpha value is -2.49. The molecule has 148 valence electrons. The zero-order valence-corrected chi connectivity index (χ0v) is 17.4. The van der Waals surface area contributed by atoms with Crippen molar-refractivity contribution in [3.05, 3.63) is 50.3 Å². The van der Waals surface area contributed by atoms with Crippen molar-refractivity contribution in [3.63, 3.8) is 0 Å². The van der Waals surface area contributed by atoms with Gasteiger partial charge in [-0.05, 0) is 39.0 Å². The SMILES string of the molecule is CCOC(=O)c1sc(N=N/C(C(=O)Nc2cc(Cl)ccc2Cl)=C(\C)O)nc1C. The molecule has 11 heteroatoms. The van der Waals surface area contributed by atoms with E-state index in [-0.39, 0.29) is 38.8 Å². The van der Waals surface area contributed by atoms with Gasteiger partial charge < -0.3 is 15.2 Å². The van der Waals surface area contributed by atoms with Crippen LogP contribution in [-0.2, 0) is 9.53 Å². The van der Waals surface area contributed by atoms with Crippen LogP contribution >= 0.6 is 34.5 Å². The smallest absolute Gasteiger partial charge is 0.350 e. The Bertz CT molecular complexity index is 968. The van der Waals surface area contributed by atoms with E-state index in [4.69, 9.17) is 27.9 Å². The lowest BCUT2D eigenvalue weighted by Crippen LogP contribution is -2.15. The monoisotopic (exact) mass is 442 g/mol. The van der Waals surface area contributed by atoms with Crippen LogP contribution in [0.1, 0.15) is 29.2 Å². The fourth-order valence-corrected chi connectivity index (χ4v) is 3.08. The second kappa shape index (κ2) is 9.63. The Balaban J connectivity index is 2.23. The number of allylic oxidation sites excluding steroid dienone is 1. The Labute approximate surface area is 174 Å². The summed E-state index contributed by atoms with van der Waals surface area (Å²) in [6.45, 7) is 4.84. The molecule has 0 aliphatic heterocycles. The second-order valence-electron chi connectivity index (χ2n) is 5.34. The molecule has 2 aromatic rings. The van der Waals surface area contributed by atoms with Gasteiger partial charge in [-0.25, -0.2) is 9.78 Å². The van der Waals surface area contributed by atoms with Gasteiger partial charge in [0, 0.05) is 5.02 Å². The molecule has 0 aliphatic carbocycles. The van der Waals surface area contributed by atoms with Crippen molar-refractivity contribution < 1.29 is 19.4 Å². The zero-order valence-electron chi connectivity index (χ0n) is 15.1. The van der Waals surface area contributed by atoms with Crippen molar-refractivity contribution in [1.29, 1.82) is 0 Å². The molecule has 1 heterocycles. The van der Waals surface area contributed by atoms with Gasteiger partial charge in [0.2, 0.25) is 5.13 Å². The first-order chi connectivity index (χ1) is 13.2. The number of rotatable bonds is 6. The molecule has 0 fully saturated rings. The number of aryl methyl sites for hydroxylation is 1. The van der Waals surface area contributed by atoms with E-state index in [1.54, 1.807) is 19.9 Å². The number of halogens is 2. The number of aliphatic hydroxyl groups is 1. The number of esters is 1. The number of ether oxygens (including phenoxy) is 1. The maximum Gasteiger partial charge on any atom is 0.350 e. The van der Waals surface area contributed by atoms with Crippen LogP contribution in [0, 0.1) is 6.92 Å². The summed E-state index contributed by atoms with van der Waals surface area (Å²) in [7, 11) is 0. The number of carbonyl (C=O) groups excluding carboxylic acids is 2. The molecular formula is C17H16Cl2N4O4S. The van der Waals surface area contributed by atoms with Gasteiger partial charge in [0.15, 0.2) is 5.70 Å². The number of aromatic nitrogens is 1. The highest BCUT2D eigenvalue weighted by molar-refractivity contribution is 7.17. The predicted molar refractivity (Wildman–Crippen MR) is 108 cm³/mol. The number of hydrogen-bond acceptors (Lipinski definition) is 8. The van der Waals surface area contributed by atoms with Gasteiger partial charge >= 0.3 is 5.97 Å². The lowest BCUT2D eigenvalue weighted by Gasteiger charge is -2.07. The van der Waals surface area contributed by atoms with Crippen LogP contribution in [0.4, 0.5) is 10.8 Å². The van der Waals surface area contributed by atoms with E-state index in [0.29, 0.717) is 10.7 Å². The summed E-state index contributed by atoms with van der Waals surface area (Å²) in [5, 5.41) is 20.7. The normalized spacial score (nSPS) is 12.0. The minimum absolute atomic E-state index is 0.132. The molecule has 0 spiro atoms. The summed E-state index contributed by atoms with van der Waals surface area (Å²) in [5.74, 6) is -1.62. The van der Waals surface area contributed by atoms with E-state index in [1.807, 2.05) is 0 Å². The van der Waals surface area contributed by atoms with Crippen molar-refractivity contribution >= 4 is 57.2 Å². The molecule has 2 N–H and O–H groups in total. The highest BCUT2D eigenvalue weighted by Gasteiger charge is 2.18. The summed E-state index contributed by atoms with van der Waals surface area (Å²) >= 11 is 12.9. The number of aliphatic hydroxyl groups excluding tert-OH is 1. The van der Waals surface area contributed by atoms with E-state index in [2.05, 4.69) is 20.5 Å². The molecule has 1 aromatic carbocycles. The van der Waals surface area contributed by atoms with Crippen molar-refractivity contribution in [2.24, 2.45) is 10.2 Å². The lowest BCUT2D eigenvalue weighted by molar-refractivity contribution is -0.113. The summed E-state index contributed by atoms with van der Waals surface area (Å²) in [6, 6.07) is 4.55. The van der Waals surface area contributed by atoms with Crippen molar-refractivity contribution in [1.82, 2.24) is 4.98 Å². The number of azo groups is 1. The Morgan fingerprint density at radius 3 is 2.71 bits per heavy atom. The molecule has 8 nitrogen and oxygen atoms in total. The van der Waals surface area contributed by atoms with Crippen LogP contribution in [0.5, 0.6) is 0 Å². The van der Waals surface area contributed by atoms with Gasteiger partial charge in [0.25, 0.3) is 5.91 Å². The minimum atomic E-state index is -0.744. The van der Waals surface area contributed by atoms with Crippen LogP contribution in [-0.4, -0.2) is 28.6 Å². The molecule has 2 rings (SSSR count). The van der Waals surface area contributed by atoms with E-state index >= 15 is 0 Å². The number of anilines is 1. The second-order valence-corrected chi connectivity index (χ2v) is 7.16. The first-order valence-corrected chi connectivity index (χ1v) is 9.52. The zero-order chi connectivity index (χ0) is 20.8. The average molecular weight is 443 g/mol. The number of benzene rings is 1. The van der Waals surface area contributed by atoms with Gasteiger partial charge in [0.1, 0.15) is 10.6 Å².